The second-order valence-corrected chi connectivity index (χ2v) is 11.4. The van der Waals surface area contributed by atoms with Gasteiger partial charge in [0.1, 0.15) is 17.2 Å². The minimum Gasteiger partial charge on any atom is -0.452 e. The number of aldehydes is 1. The zero-order chi connectivity index (χ0) is 28.2. The molecular weight excluding hydrogens is 630 g/mol. The molecule has 0 aliphatic carbocycles. The van der Waals surface area contributed by atoms with Crippen LogP contribution in [0.3, 0.4) is 0 Å². The van der Waals surface area contributed by atoms with Gasteiger partial charge in [-0.15, -0.1) is 0 Å². The van der Waals surface area contributed by atoms with E-state index in [4.69, 9.17) is 8.83 Å². The molecule has 0 unspecified atom stereocenters. The Morgan fingerprint density at radius 3 is 1.70 bits per heavy atom. The summed E-state index contributed by atoms with van der Waals surface area (Å²) < 4.78 is 13.2. The smallest absolute Gasteiger partial charge is 0.208 e. The van der Waals surface area contributed by atoms with Crippen LogP contribution in [0.1, 0.15) is 49.7 Å². The van der Waals surface area contributed by atoms with Crippen molar-refractivity contribution in [2.75, 3.05) is 0 Å². The molecule has 0 atom stereocenters. The highest BCUT2D eigenvalue weighted by atomic mass is 79.9. The number of hydrogen-bond acceptors (Lipinski definition) is 4. The Balaban J connectivity index is 0.000000161. The van der Waals surface area contributed by atoms with E-state index in [0.717, 1.165) is 65.0 Å². The first-order valence-corrected chi connectivity index (χ1v) is 14.3. The van der Waals surface area contributed by atoms with E-state index < -0.39 is 0 Å². The SMILES string of the molecule is Cc1cc(Br)c2oc(C#N)c(Cc3ccccc3)c2c1.Cc1cc(Br)c2oc(C=O)c(Cc3ccccc3)c2c1. The summed E-state index contributed by atoms with van der Waals surface area (Å²) in [5, 5.41) is 11.3. The van der Waals surface area contributed by atoms with Crippen molar-refractivity contribution in [3.63, 3.8) is 0 Å². The third kappa shape index (κ3) is 5.82. The molecule has 0 radical (unpaired) electrons. The van der Waals surface area contributed by atoms with Crippen LogP contribution >= 0.6 is 31.9 Å². The maximum atomic E-state index is 11.3. The molecular formula is C34H25Br2NO3. The zero-order valence-electron chi connectivity index (χ0n) is 22.0. The van der Waals surface area contributed by atoms with Crippen molar-refractivity contribution in [2.45, 2.75) is 26.7 Å². The zero-order valence-corrected chi connectivity index (χ0v) is 25.2. The number of rotatable bonds is 5. The van der Waals surface area contributed by atoms with E-state index in [1.807, 2.05) is 62.4 Å². The number of carbonyl (C=O) groups is 1. The summed E-state index contributed by atoms with van der Waals surface area (Å²) in [5.41, 5.74) is 8.01. The first-order chi connectivity index (χ1) is 19.4. The largest absolute Gasteiger partial charge is 0.452 e. The molecule has 6 heteroatoms. The van der Waals surface area contributed by atoms with Crippen molar-refractivity contribution in [2.24, 2.45) is 0 Å². The Labute approximate surface area is 249 Å². The highest BCUT2D eigenvalue weighted by Crippen LogP contribution is 2.35. The second-order valence-electron chi connectivity index (χ2n) is 9.66. The number of nitriles is 1. The average Bonchev–Trinajstić information content (AvgIpc) is 3.48. The molecule has 0 aliphatic rings. The first kappa shape index (κ1) is 27.6. The van der Waals surface area contributed by atoms with Gasteiger partial charge in [0, 0.05) is 34.7 Å². The van der Waals surface area contributed by atoms with E-state index in [0.29, 0.717) is 24.4 Å². The van der Waals surface area contributed by atoms with Crippen LogP contribution in [-0.2, 0) is 12.8 Å². The topological polar surface area (TPSA) is 67.1 Å². The van der Waals surface area contributed by atoms with Crippen LogP contribution in [-0.4, -0.2) is 6.29 Å². The Kier molecular flexibility index (Phi) is 8.35. The summed E-state index contributed by atoms with van der Waals surface area (Å²) in [5.74, 6) is 0.810. The van der Waals surface area contributed by atoms with Crippen molar-refractivity contribution < 1.29 is 13.6 Å². The lowest BCUT2D eigenvalue weighted by Gasteiger charge is -2.01. The fourth-order valence-electron chi connectivity index (χ4n) is 4.85. The van der Waals surface area contributed by atoms with Gasteiger partial charge in [-0.2, -0.15) is 5.26 Å². The van der Waals surface area contributed by atoms with E-state index in [1.54, 1.807) is 0 Å². The van der Waals surface area contributed by atoms with Gasteiger partial charge in [0.15, 0.2) is 12.0 Å². The highest BCUT2D eigenvalue weighted by Gasteiger charge is 2.18. The van der Waals surface area contributed by atoms with Crippen LogP contribution < -0.4 is 0 Å². The Morgan fingerprint density at radius 2 is 1.20 bits per heavy atom. The van der Waals surface area contributed by atoms with Crippen LogP contribution in [0.15, 0.2) is 103 Å². The van der Waals surface area contributed by atoms with Crippen molar-refractivity contribution >= 4 is 60.1 Å². The second kappa shape index (κ2) is 12.1. The number of carbonyl (C=O) groups excluding carboxylic acids is 1. The van der Waals surface area contributed by atoms with E-state index >= 15 is 0 Å². The molecule has 0 N–H and O–H groups in total. The maximum Gasteiger partial charge on any atom is 0.208 e. The van der Waals surface area contributed by atoms with Gasteiger partial charge in [0.25, 0.3) is 0 Å². The highest BCUT2D eigenvalue weighted by molar-refractivity contribution is 9.11. The fourth-order valence-corrected chi connectivity index (χ4v) is 6.16. The third-order valence-corrected chi connectivity index (χ3v) is 7.85. The predicted molar refractivity (Wildman–Crippen MR) is 166 cm³/mol. The van der Waals surface area contributed by atoms with Crippen molar-refractivity contribution in [3.8, 4) is 6.07 Å². The summed E-state index contributed by atoms with van der Waals surface area (Å²) >= 11 is 7.01. The minimum atomic E-state index is 0.398. The maximum absolute atomic E-state index is 11.3. The fraction of sp³-hybridized carbons (Fsp3) is 0.118. The lowest BCUT2D eigenvalue weighted by atomic mass is 10.0. The summed E-state index contributed by atoms with van der Waals surface area (Å²) in [6, 6.07) is 30.5. The molecule has 0 bridgehead atoms. The van der Waals surface area contributed by atoms with E-state index in [9.17, 15) is 10.1 Å². The Bertz CT molecular complexity index is 1860. The molecule has 2 aromatic heterocycles. The van der Waals surface area contributed by atoms with Crippen LogP contribution in [0.5, 0.6) is 0 Å². The summed E-state index contributed by atoms with van der Waals surface area (Å²) in [4.78, 5) is 11.3. The van der Waals surface area contributed by atoms with Gasteiger partial charge in [-0.1, -0.05) is 60.7 Å². The number of furan rings is 2. The van der Waals surface area contributed by atoms with Crippen molar-refractivity contribution in [1.82, 2.24) is 0 Å². The molecule has 4 aromatic carbocycles. The molecule has 0 saturated carbocycles. The first-order valence-electron chi connectivity index (χ1n) is 12.7. The van der Waals surface area contributed by atoms with Crippen molar-refractivity contribution in [3.05, 3.63) is 139 Å². The van der Waals surface area contributed by atoms with Gasteiger partial charge >= 0.3 is 0 Å². The molecule has 198 valence electrons. The third-order valence-electron chi connectivity index (χ3n) is 6.67. The van der Waals surface area contributed by atoms with E-state index in [2.05, 4.69) is 74.3 Å². The Hall–Kier alpha value is -3.92. The van der Waals surface area contributed by atoms with Gasteiger partial charge in [-0.05, 0) is 92.2 Å². The number of nitrogens with zero attached hydrogens (tertiary/aromatic N) is 1. The lowest BCUT2D eigenvalue weighted by molar-refractivity contribution is 0.110. The van der Waals surface area contributed by atoms with Crippen LogP contribution in [0.2, 0.25) is 0 Å². The van der Waals surface area contributed by atoms with E-state index in [-0.39, 0.29) is 0 Å². The molecule has 0 saturated heterocycles. The summed E-state index contributed by atoms with van der Waals surface area (Å²) in [6.45, 7) is 4.07. The molecule has 6 rings (SSSR count). The van der Waals surface area contributed by atoms with Gasteiger partial charge in [-0.25, -0.2) is 0 Å². The number of aryl methyl sites for hydroxylation is 2. The normalized spacial score (nSPS) is 10.8. The van der Waals surface area contributed by atoms with Gasteiger partial charge in [-0.3, -0.25) is 4.79 Å². The quantitative estimate of drug-likeness (QED) is 0.174. The molecule has 2 heterocycles. The summed E-state index contributed by atoms with van der Waals surface area (Å²) in [7, 11) is 0. The molecule has 0 spiro atoms. The van der Waals surface area contributed by atoms with Gasteiger partial charge < -0.3 is 8.83 Å². The minimum absolute atomic E-state index is 0.398. The average molecular weight is 655 g/mol. The standard InChI is InChI=1S/C17H12BrNO.C17H13BrO2/c2*1-11-7-14-13(9-12-5-3-2-4-6-12)16(10-19)20-17(14)15(18)8-11/h2-8H,9H2,1H3;2-8,10H,9H2,1H3. The lowest BCUT2D eigenvalue weighted by Crippen LogP contribution is -1.91. The monoisotopic (exact) mass is 653 g/mol. The van der Waals surface area contributed by atoms with Gasteiger partial charge in [0.05, 0.1) is 8.95 Å². The Morgan fingerprint density at radius 1 is 0.725 bits per heavy atom. The molecule has 6 aromatic rings. The van der Waals surface area contributed by atoms with Crippen LogP contribution in [0.25, 0.3) is 21.9 Å². The number of halogens is 2. The van der Waals surface area contributed by atoms with Crippen LogP contribution in [0, 0.1) is 25.2 Å². The molecule has 40 heavy (non-hydrogen) atoms. The summed E-state index contributed by atoms with van der Waals surface area (Å²) in [6.07, 6.45) is 2.18. The molecule has 0 aliphatic heterocycles. The number of hydrogen-bond donors (Lipinski definition) is 0. The molecule has 0 amide bonds. The van der Waals surface area contributed by atoms with Crippen LogP contribution in [0.4, 0.5) is 0 Å². The van der Waals surface area contributed by atoms with Gasteiger partial charge in [0.2, 0.25) is 5.76 Å². The van der Waals surface area contributed by atoms with E-state index in [1.165, 1.54) is 5.56 Å². The number of benzene rings is 4. The van der Waals surface area contributed by atoms with Crippen molar-refractivity contribution in [1.29, 1.82) is 5.26 Å². The predicted octanol–water partition coefficient (Wildman–Crippen LogP) is 9.87. The molecule has 4 nitrogen and oxygen atoms in total. The number of fused-ring (bicyclic) bond motifs is 2. The molecule has 0 fully saturated rings.